The molecule has 168 valence electrons. The van der Waals surface area contributed by atoms with Gasteiger partial charge in [-0.2, -0.15) is 4.31 Å². The van der Waals surface area contributed by atoms with Gasteiger partial charge in [0.2, 0.25) is 15.9 Å². The molecule has 2 aliphatic heterocycles. The van der Waals surface area contributed by atoms with E-state index in [4.69, 9.17) is 0 Å². The van der Waals surface area contributed by atoms with Gasteiger partial charge in [-0.1, -0.05) is 36.9 Å². The van der Waals surface area contributed by atoms with Gasteiger partial charge >= 0.3 is 0 Å². The maximum atomic E-state index is 13.1. The molecular formula is C23H25N3O4S2. The monoisotopic (exact) mass is 471 g/mol. The van der Waals surface area contributed by atoms with Crippen molar-refractivity contribution in [1.82, 2.24) is 14.9 Å². The zero-order valence-corrected chi connectivity index (χ0v) is 19.1. The second kappa shape index (κ2) is 9.48. The van der Waals surface area contributed by atoms with E-state index in [1.165, 1.54) is 22.5 Å². The molecule has 0 bridgehead atoms. The van der Waals surface area contributed by atoms with Gasteiger partial charge < -0.3 is 10.6 Å². The van der Waals surface area contributed by atoms with Gasteiger partial charge in [0.05, 0.1) is 10.3 Å². The first kappa shape index (κ1) is 22.6. The van der Waals surface area contributed by atoms with Gasteiger partial charge in [0.1, 0.15) is 0 Å². The molecule has 2 amide bonds. The molecule has 3 atom stereocenters. The van der Waals surface area contributed by atoms with E-state index < -0.39 is 10.0 Å². The number of hydrogen-bond donors (Lipinski definition) is 2. The Hall–Kier alpha value is -2.62. The lowest BCUT2D eigenvalue weighted by Crippen LogP contribution is -2.33. The van der Waals surface area contributed by atoms with E-state index in [1.807, 2.05) is 30.3 Å². The van der Waals surface area contributed by atoms with Gasteiger partial charge in [-0.3, -0.25) is 9.59 Å². The SMILES string of the molecule is C=CC(=O)NC1CC2CN(S(=O)(=O)c3ccc(C(=O)NCc4ccccc4)cc3)CC2S1. The molecule has 3 unspecified atom stereocenters. The van der Waals surface area contributed by atoms with Crippen molar-refractivity contribution < 1.29 is 18.0 Å². The number of nitrogens with one attached hydrogen (secondary N) is 2. The minimum absolute atomic E-state index is 0.00552. The molecule has 2 heterocycles. The van der Waals surface area contributed by atoms with Gasteiger partial charge in [-0.05, 0) is 48.2 Å². The summed E-state index contributed by atoms with van der Waals surface area (Å²) in [6, 6.07) is 15.6. The lowest BCUT2D eigenvalue weighted by atomic mass is 10.1. The van der Waals surface area contributed by atoms with Crippen molar-refractivity contribution in [3.8, 4) is 0 Å². The van der Waals surface area contributed by atoms with Crippen LogP contribution >= 0.6 is 11.8 Å². The molecule has 0 aromatic heterocycles. The van der Waals surface area contributed by atoms with E-state index in [1.54, 1.807) is 23.9 Å². The van der Waals surface area contributed by atoms with Crippen molar-refractivity contribution in [2.75, 3.05) is 13.1 Å². The average Bonchev–Trinajstić information content (AvgIpc) is 3.37. The second-order valence-corrected chi connectivity index (χ2v) is 11.3. The number of nitrogens with zero attached hydrogens (tertiary/aromatic N) is 1. The molecule has 0 saturated carbocycles. The first-order chi connectivity index (χ1) is 15.4. The van der Waals surface area contributed by atoms with Crippen molar-refractivity contribution in [2.45, 2.75) is 28.5 Å². The largest absolute Gasteiger partial charge is 0.348 e. The van der Waals surface area contributed by atoms with Crippen LogP contribution in [0.25, 0.3) is 0 Å². The second-order valence-electron chi connectivity index (χ2n) is 7.89. The molecule has 2 saturated heterocycles. The van der Waals surface area contributed by atoms with Crippen LogP contribution in [-0.4, -0.2) is 48.3 Å². The van der Waals surface area contributed by atoms with E-state index in [0.29, 0.717) is 25.2 Å². The van der Waals surface area contributed by atoms with Crippen LogP contribution in [0.4, 0.5) is 0 Å². The Balaban J connectivity index is 1.35. The third-order valence-electron chi connectivity index (χ3n) is 5.74. The van der Waals surface area contributed by atoms with Gasteiger partial charge in [-0.25, -0.2) is 8.42 Å². The Morgan fingerprint density at radius 3 is 2.47 bits per heavy atom. The maximum absolute atomic E-state index is 13.1. The summed E-state index contributed by atoms with van der Waals surface area (Å²) < 4.78 is 27.7. The molecule has 2 aromatic rings. The van der Waals surface area contributed by atoms with E-state index in [-0.39, 0.29) is 33.3 Å². The third kappa shape index (κ3) is 4.90. The van der Waals surface area contributed by atoms with E-state index in [9.17, 15) is 18.0 Å². The summed E-state index contributed by atoms with van der Waals surface area (Å²) in [5.74, 6) is -0.259. The molecule has 0 spiro atoms. The average molecular weight is 472 g/mol. The highest BCUT2D eigenvalue weighted by Crippen LogP contribution is 2.43. The number of fused-ring (bicyclic) bond motifs is 1. The maximum Gasteiger partial charge on any atom is 0.251 e. The number of carbonyl (C=O) groups excluding carboxylic acids is 2. The van der Waals surface area contributed by atoms with E-state index >= 15 is 0 Å². The van der Waals surface area contributed by atoms with Crippen LogP contribution in [0, 0.1) is 5.92 Å². The van der Waals surface area contributed by atoms with Crippen molar-refractivity contribution in [3.05, 3.63) is 78.4 Å². The molecule has 4 rings (SSSR count). The number of benzene rings is 2. The fourth-order valence-electron chi connectivity index (χ4n) is 4.04. The minimum atomic E-state index is -3.64. The van der Waals surface area contributed by atoms with Crippen molar-refractivity contribution in [1.29, 1.82) is 0 Å². The summed E-state index contributed by atoms with van der Waals surface area (Å²) >= 11 is 1.61. The molecule has 0 aliphatic carbocycles. The molecule has 9 heteroatoms. The third-order valence-corrected chi connectivity index (χ3v) is 9.11. The topological polar surface area (TPSA) is 95.6 Å². The zero-order valence-electron chi connectivity index (χ0n) is 17.4. The predicted molar refractivity (Wildman–Crippen MR) is 124 cm³/mol. The van der Waals surface area contributed by atoms with Gasteiger partial charge in [0.25, 0.3) is 5.91 Å². The molecule has 2 aliphatic rings. The number of amides is 2. The van der Waals surface area contributed by atoms with Crippen LogP contribution in [0.1, 0.15) is 22.3 Å². The van der Waals surface area contributed by atoms with Crippen LogP contribution < -0.4 is 10.6 Å². The standard InChI is InChI=1S/C23H25N3O4S2/c1-2-21(27)25-22-12-18-14-26(15-20(18)31-22)32(29,30)19-10-8-17(9-11-19)23(28)24-13-16-6-4-3-5-7-16/h2-11,18,20,22H,1,12-15H2,(H,24,28)(H,25,27). The first-order valence-corrected chi connectivity index (χ1v) is 12.8. The summed E-state index contributed by atoms with van der Waals surface area (Å²) in [5, 5.41) is 5.87. The number of rotatable bonds is 7. The lowest BCUT2D eigenvalue weighted by Gasteiger charge is -2.19. The van der Waals surface area contributed by atoms with Crippen LogP contribution in [0.2, 0.25) is 0 Å². The Labute approximate surface area is 192 Å². The van der Waals surface area contributed by atoms with Crippen molar-refractivity contribution in [3.63, 3.8) is 0 Å². The highest BCUT2D eigenvalue weighted by molar-refractivity contribution is 8.00. The molecule has 7 nitrogen and oxygen atoms in total. The van der Waals surface area contributed by atoms with Gasteiger partial charge in [0, 0.05) is 30.4 Å². The molecule has 0 radical (unpaired) electrons. The number of carbonyl (C=O) groups is 2. The highest BCUT2D eigenvalue weighted by atomic mass is 32.2. The Morgan fingerprint density at radius 1 is 1.09 bits per heavy atom. The summed E-state index contributed by atoms with van der Waals surface area (Å²) in [4.78, 5) is 24.1. The van der Waals surface area contributed by atoms with Crippen LogP contribution in [0.3, 0.4) is 0 Å². The van der Waals surface area contributed by atoms with Crippen LogP contribution in [0.15, 0.2) is 72.1 Å². The minimum Gasteiger partial charge on any atom is -0.348 e. The number of sulfonamides is 1. The fraction of sp³-hybridized carbons (Fsp3) is 0.304. The molecule has 2 aromatic carbocycles. The summed E-state index contributed by atoms with van der Waals surface area (Å²) in [6.45, 7) is 4.71. The number of hydrogen-bond acceptors (Lipinski definition) is 5. The predicted octanol–water partition coefficient (Wildman–Crippen LogP) is 2.37. The van der Waals surface area contributed by atoms with Crippen molar-refractivity contribution in [2.24, 2.45) is 5.92 Å². The fourth-order valence-corrected chi connectivity index (χ4v) is 7.31. The Kier molecular flexibility index (Phi) is 6.68. The number of thioether (sulfide) groups is 1. The zero-order chi connectivity index (χ0) is 22.7. The molecular weight excluding hydrogens is 446 g/mol. The molecule has 2 fully saturated rings. The highest BCUT2D eigenvalue weighted by Gasteiger charge is 2.45. The smallest absolute Gasteiger partial charge is 0.251 e. The van der Waals surface area contributed by atoms with E-state index in [0.717, 1.165) is 12.0 Å². The van der Waals surface area contributed by atoms with Gasteiger partial charge in [0.15, 0.2) is 0 Å². The summed E-state index contributed by atoms with van der Waals surface area (Å²) in [6.07, 6.45) is 1.98. The summed E-state index contributed by atoms with van der Waals surface area (Å²) in [7, 11) is -3.64. The Morgan fingerprint density at radius 2 is 1.81 bits per heavy atom. The summed E-state index contributed by atoms with van der Waals surface area (Å²) in [5.41, 5.74) is 1.40. The normalized spacial score (nSPS) is 22.8. The van der Waals surface area contributed by atoms with E-state index in [2.05, 4.69) is 17.2 Å². The lowest BCUT2D eigenvalue weighted by molar-refractivity contribution is -0.116. The molecule has 32 heavy (non-hydrogen) atoms. The Bertz CT molecular complexity index is 1090. The quantitative estimate of drug-likeness (QED) is 0.605. The van der Waals surface area contributed by atoms with Crippen molar-refractivity contribution >= 4 is 33.6 Å². The molecule has 2 N–H and O–H groups in total. The van der Waals surface area contributed by atoms with Crippen LogP contribution in [-0.2, 0) is 21.4 Å². The first-order valence-electron chi connectivity index (χ1n) is 10.4. The van der Waals surface area contributed by atoms with Crippen LogP contribution in [0.5, 0.6) is 0 Å². The van der Waals surface area contributed by atoms with Gasteiger partial charge in [-0.15, -0.1) is 11.8 Å².